The predicted molar refractivity (Wildman–Crippen MR) is 83.8 cm³/mol. The van der Waals surface area contributed by atoms with Gasteiger partial charge in [0.1, 0.15) is 0 Å². The van der Waals surface area contributed by atoms with Crippen LogP contribution >= 0.6 is 0 Å². The second-order valence-electron chi connectivity index (χ2n) is 5.72. The molecule has 1 atom stereocenters. The van der Waals surface area contributed by atoms with E-state index in [-0.39, 0.29) is 11.8 Å². The molecule has 1 fully saturated rings. The summed E-state index contributed by atoms with van der Waals surface area (Å²) < 4.78 is 5.23. The van der Waals surface area contributed by atoms with Gasteiger partial charge in [0, 0.05) is 26.7 Å². The van der Waals surface area contributed by atoms with E-state index >= 15 is 0 Å². The highest BCUT2D eigenvalue weighted by Gasteiger charge is 2.25. The number of piperidine rings is 1. The summed E-state index contributed by atoms with van der Waals surface area (Å²) >= 11 is 0. The van der Waals surface area contributed by atoms with Gasteiger partial charge in [-0.05, 0) is 36.8 Å². The molecule has 1 aromatic rings. The first-order chi connectivity index (χ1) is 10.3. The van der Waals surface area contributed by atoms with Crippen LogP contribution in [-0.2, 0) is 22.6 Å². The van der Waals surface area contributed by atoms with Gasteiger partial charge < -0.3 is 15.4 Å². The number of nitrogens with two attached hydrogens (primary N) is 1. The Morgan fingerprint density at radius 2 is 1.90 bits per heavy atom. The molecule has 0 aromatic heterocycles. The van der Waals surface area contributed by atoms with E-state index in [0.29, 0.717) is 19.6 Å². The minimum absolute atomic E-state index is 0.124. The maximum absolute atomic E-state index is 12.6. The number of amides is 1. The second-order valence-corrected chi connectivity index (χ2v) is 5.72. The molecule has 0 spiro atoms. The summed E-state index contributed by atoms with van der Waals surface area (Å²) in [5.74, 6) is 0.0885. The molecule has 1 unspecified atom stereocenters. The fourth-order valence-electron chi connectivity index (χ4n) is 2.96. The van der Waals surface area contributed by atoms with Gasteiger partial charge in [-0.3, -0.25) is 4.79 Å². The van der Waals surface area contributed by atoms with E-state index in [4.69, 9.17) is 10.5 Å². The molecule has 2 rings (SSSR count). The fourth-order valence-corrected chi connectivity index (χ4v) is 2.96. The van der Waals surface area contributed by atoms with Crippen LogP contribution in [0.1, 0.15) is 30.4 Å². The highest BCUT2D eigenvalue weighted by atomic mass is 16.5. The highest BCUT2D eigenvalue weighted by Crippen LogP contribution is 2.18. The highest BCUT2D eigenvalue weighted by molar-refractivity contribution is 5.79. The first kappa shape index (κ1) is 16.0. The lowest BCUT2D eigenvalue weighted by Crippen LogP contribution is -2.42. The Hall–Kier alpha value is -1.39. The van der Waals surface area contributed by atoms with Crippen molar-refractivity contribution < 1.29 is 9.53 Å². The van der Waals surface area contributed by atoms with Gasteiger partial charge in [0.15, 0.2) is 0 Å². The van der Waals surface area contributed by atoms with E-state index in [1.54, 1.807) is 7.11 Å². The van der Waals surface area contributed by atoms with E-state index in [1.807, 2.05) is 17.0 Å². The van der Waals surface area contributed by atoms with Crippen LogP contribution in [0, 0.1) is 5.92 Å². The first-order valence-electron chi connectivity index (χ1n) is 7.80. The zero-order valence-electron chi connectivity index (χ0n) is 12.9. The Balaban J connectivity index is 2.06. The van der Waals surface area contributed by atoms with Crippen molar-refractivity contribution in [3.8, 4) is 0 Å². The number of hydrogen-bond donors (Lipinski definition) is 1. The first-order valence-corrected chi connectivity index (χ1v) is 7.80. The third-order valence-electron chi connectivity index (χ3n) is 4.19. The van der Waals surface area contributed by atoms with Crippen molar-refractivity contribution in [1.29, 1.82) is 0 Å². The van der Waals surface area contributed by atoms with Crippen LogP contribution < -0.4 is 5.73 Å². The molecule has 0 radical (unpaired) electrons. The van der Waals surface area contributed by atoms with Gasteiger partial charge in [0.2, 0.25) is 5.91 Å². The maximum atomic E-state index is 12.6. The zero-order chi connectivity index (χ0) is 15.1. The molecule has 1 aromatic carbocycles. The zero-order valence-corrected chi connectivity index (χ0v) is 12.9. The molecule has 1 aliphatic heterocycles. The summed E-state index contributed by atoms with van der Waals surface area (Å²) in [4.78, 5) is 14.6. The topological polar surface area (TPSA) is 55.6 Å². The van der Waals surface area contributed by atoms with Crippen molar-refractivity contribution >= 4 is 5.91 Å². The van der Waals surface area contributed by atoms with Crippen molar-refractivity contribution in [1.82, 2.24) is 4.90 Å². The van der Waals surface area contributed by atoms with E-state index in [1.165, 1.54) is 12.0 Å². The van der Waals surface area contributed by atoms with Crippen LogP contribution in [0.25, 0.3) is 0 Å². The molecule has 116 valence electrons. The Labute approximate surface area is 127 Å². The molecule has 0 bridgehead atoms. The van der Waals surface area contributed by atoms with Crippen LogP contribution in [0.5, 0.6) is 0 Å². The normalized spacial score (nSPS) is 16.8. The van der Waals surface area contributed by atoms with Crippen LogP contribution in [0.2, 0.25) is 0 Å². The van der Waals surface area contributed by atoms with Gasteiger partial charge >= 0.3 is 0 Å². The van der Waals surface area contributed by atoms with Gasteiger partial charge in [0.25, 0.3) is 0 Å². The maximum Gasteiger partial charge on any atom is 0.227 e. The average molecular weight is 290 g/mol. The quantitative estimate of drug-likeness (QED) is 0.871. The standard InChI is InChI=1S/C17H26N2O2/c1-21-13-15-8-4-3-7-14(15)11-16(12-18)17(20)19-9-5-2-6-10-19/h3-4,7-8,16H,2,5-6,9-13,18H2,1H3. The van der Waals surface area contributed by atoms with Crippen LogP contribution in [0.15, 0.2) is 24.3 Å². The van der Waals surface area contributed by atoms with Crippen LogP contribution in [-0.4, -0.2) is 37.6 Å². The predicted octanol–water partition coefficient (Wildman–Crippen LogP) is 1.96. The summed E-state index contributed by atoms with van der Waals surface area (Å²) in [5, 5.41) is 0. The molecule has 0 aliphatic carbocycles. The van der Waals surface area contributed by atoms with Gasteiger partial charge in [0.05, 0.1) is 12.5 Å². The Morgan fingerprint density at radius 1 is 1.24 bits per heavy atom. The summed E-state index contributed by atoms with van der Waals surface area (Å²) in [6.07, 6.45) is 4.16. The molecule has 4 heteroatoms. The van der Waals surface area contributed by atoms with Crippen molar-refractivity contribution in [3.05, 3.63) is 35.4 Å². The van der Waals surface area contributed by atoms with Gasteiger partial charge in [-0.15, -0.1) is 0 Å². The van der Waals surface area contributed by atoms with E-state index in [9.17, 15) is 4.79 Å². The number of hydrogen-bond acceptors (Lipinski definition) is 3. The average Bonchev–Trinajstić information content (AvgIpc) is 2.54. The third kappa shape index (κ3) is 4.29. The number of ether oxygens (including phenoxy) is 1. The van der Waals surface area contributed by atoms with Crippen LogP contribution in [0.3, 0.4) is 0 Å². The molecular formula is C17H26N2O2. The SMILES string of the molecule is COCc1ccccc1CC(CN)C(=O)N1CCCCC1. The number of benzene rings is 1. The third-order valence-corrected chi connectivity index (χ3v) is 4.19. The number of rotatable bonds is 6. The van der Waals surface area contributed by atoms with Crippen molar-refractivity contribution in [3.63, 3.8) is 0 Å². The molecule has 1 heterocycles. The number of likely N-dealkylation sites (tertiary alicyclic amines) is 1. The van der Waals surface area contributed by atoms with E-state index in [0.717, 1.165) is 31.5 Å². The van der Waals surface area contributed by atoms with Crippen molar-refractivity contribution in [2.24, 2.45) is 11.7 Å². The lowest BCUT2D eigenvalue weighted by Gasteiger charge is -2.30. The van der Waals surface area contributed by atoms with Gasteiger partial charge in [-0.2, -0.15) is 0 Å². The lowest BCUT2D eigenvalue weighted by atomic mass is 9.94. The Morgan fingerprint density at radius 3 is 2.52 bits per heavy atom. The molecule has 1 amide bonds. The summed E-state index contributed by atoms with van der Waals surface area (Å²) in [6.45, 7) is 2.74. The molecular weight excluding hydrogens is 264 g/mol. The van der Waals surface area contributed by atoms with E-state index < -0.39 is 0 Å². The minimum atomic E-state index is -0.124. The molecule has 2 N–H and O–H groups in total. The molecule has 0 saturated carbocycles. The number of carbonyl (C=O) groups is 1. The van der Waals surface area contributed by atoms with Gasteiger partial charge in [-0.25, -0.2) is 0 Å². The molecule has 21 heavy (non-hydrogen) atoms. The second kappa shape index (κ2) is 8.15. The lowest BCUT2D eigenvalue weighted by molar-refractivity contribution is -0.136. The fraction of sp³-hybridized carbons (Fsp3) is 0.588. The largest absolute Gasteiger partial charge is 0.380 e. The van der Waals surface area contributed by atoms with Crippen molar-refractivity contribution in [2.75, 3.05) is 26.7 Å². The van der Waals surface area contributed by atoms with E-state index in [2.05, 4.69) is 12.1 Å². The molecule has 4 nitrogen and oxygen atoms in total. The number of methoxy groups -OCH3 is 1. The summed E-state index contributed by atoms with van der Waals surface area (Å²) in [5.41, 5.74) is 8.18. The molecule has 1 saturated heterocycles. The minimum Gasteiger partial charge on any atom is -0.380 e. The summed E-state index contributed by atoms with van der Waals surface area (Å²) in [7, 11) is 1.69. The number of carbonyl (C=O) groups excluding carboxylic acids is 1. The van der Waals surface area contributed by atoms with Crippen molar-refractivity contribution in [2.45, 2.75) is 32.3 Å². The smallest absolute Gasteiger partial charge is 0.227 e. The Bertz CT molecular complexity index is 456. The van der Waals surface area contributed by atoms with Crippen LogP contribution in [0.4, 0.5) is 0 Å². The summed E-state index contributed by atoms with van der Waals surface area (Å²) in [6, 6.07) is 8.13. The monoisotopic (exact) mass is 290 g/mol. The Kier molecular flexibility index (Phi) is 6.21. The van der Waals surface area contributed by atoms with Gasteiger partial charge in [-0.1, -0.05) is 24.3 Å². The number of nitrogens with zero attached hydrogens (tertiary/aromatic N) is 1. The molecule has 1 aliphatic rings.